The topological polar surface area (TPSA) is 88.2 Å². The number of sulfonamides is 1. The maximum absolute atomic E-state index is 13.5. The number of hydrogen-bond acceptors (Lipinski definition) is 4. The van der Waals surface area contributed by atoms with Crippen molar-refractivity contribution in [1.29, 1.82) is 0 Å². The number of nitrogens with one attached hydrogen (secondary N) is 2. The van der Waals surface area contributed by atoms with Crippen molar-refractivity contribution in [3.05, 3.63) is 48.4 Å². The van der Waals surface area contributed by atoms with E-state index >= 15 is 0 Å². The average molecular weight is 309 g/mol. The van der Waals surface area contributed by atoms with E-state index in [1.165, 1.54) is 31.3 Å². The number of pyridine rings is 1. The number of anilines is 2. The zero-order valence-electron chi connectivity index (χ0n) is 11.0. The van der Waals surface area contributed by atoms with Gasteiger partial charge in [-0.15, -0.1) is 0 Å². The molecule has 0 unspecified atom stereocenters. The molecule has 21 heavy (non-hydrogen) atoms. The molecular formula is C13H12FN3O3S. The summed E-state index contributed by atoms with van der Waals surface area (Å²) in [6, 6.07) is 8.35. The minimum absolute atomic E-state index is 0.186. The molecule has 0 atom stereocenters. The van der Waals surface area contributed by atoms with E-state index in [4.69, 9.17) is 0 Å². The van der Waals surface area contributed by atoms with Crippen molar-refractivity contribution in [2.24, 2.45) is 0 Å². The molecule has 0 bridgehead atoms. The highest BCUT2D eigenvalue weighted by Gasteiger charge is 2.20. The average Bonchev–Trinajstić information content (AvgIpc) is 2.38. The van der Waals surface area contributed by atoms with E-state index in [9.17, 15) is 17.6 Å². The van der Waals surface area contributed by atoms with Gasteiger partial charge in [0.15, 0.2) is 5.82 Å². The second-order valence-corrected chi connectivity index (χ2v) is 5.76. The third-order valence-corrected chi connectivity index (χ3v) is 3.73. The summed E-state index contributed by atoms with van der Waals surface area (Å²) < 4.78 is 39.8. The van der Waals surface area contributed by atoms with Crippen LogP contribution in [0.15, 0.2) is 47.6 Å². The molecule has 6 nitrogen and oxygen atoms in total. The molecule has 110 valence electrons. The number of rotatable bonds is 4. The van der Waals surface area contributed by atoms with E-state index < -0.39 is 20.9 Å². The first-order valence-corrected chi connectivity index (χ1v) is 7.38. The van der Waals surface area contributed by atoms with Crippen molar-refractivity contribution in [3.8, 4) is 0 Å². The Morgan fingerprint density at radius 3 is 2.57 bits per heavy atom. The lowest BCUT2D eigenvalue weighted by Crippen LogP contribution is -2.16. The van der Waals surface area contributed by atoms with Crippen molar-refractivity contribution in [3.63, 3.8) is 0 Å². The molecule has 1 amide bonds. The smallest absolute Gasteiger partial charge is 0.282 e. The molecule has 0 spiro atoms. The number of hydrogen-bond donors (Lipinski definition) is 2. The first kappa shape index (κ1) is 14.9. The number of carbonyl (C=O) groups is 1. The van der Waals surface area contributed by atoms with Crippen LogP contribution in [0.3, 0.4) is 0 Å². The molecule has 1 aromatic carbocycles. The van der Waals surface area contributed by atoms with E-state index in [1.54, 1.807) is 12.1 Å². The summed E-state index contributed by atoms with van der Waals surface area (Å²) in [4.78, 5) is 14.5. The predicted octanol–water partition coefficient (Wildman–Crippen LogP) is 1.98. The first-order valence-electron chi connectivity index (χ1n) is 5.89. The normalized spacial score (nSPS) is 11.0. The van der Waals surface area contributed by atoms with Gasteiger partial charge in [0.1, 0.15) is 0 Å². The van der Waals surface area contributed by atoms with E-state index in [0.29, 0.717) is 5.69 Å². The van der Waals surface area contributed by atoms with Crippen molar-refractivity contribution in [2.45, 2.75) is 11.9 Å². The Hall–Kier alpha value is -2.48. The van der Waals surface area contributed by atoms with Gasteiger partial charge in [-0.3, -0.25) is 9.52 Å². The molecule has 2 N–H and O–H groups in total. The molecule has 0 aliphatic heterocycles. The summed E-state index contributed by atoms with van der Waals surface area (Å²) in [5, 5.41) is 1.83. The Labute approximate surface area is 121 Å². The molecule has 2 aromatic rings. The fraction of sp³-hybridized carbons (Fsp3) is 0.0769. The number of nitrogens with zero attached hydrogens (tertiary/aromatic N) is 1. The maximum Gasteiger partial charge on any atom is 0.282 e. The van der Waals surface area contributed by atoms with Crippen LogP contribution in [0, 0.1) is 5.82 Å². The van der Waals surface area contributed by atoms with Gasteiger partial charge < -0.3 is 5.32 Å². The second-order valence-electron chi connectivity index (χ2n) is 4.16. The lowest BCUT2D eigenvalue weighted by molar-refractivity contribution is -0.114. The summed E-state index contributed by atoms with van der Waals surface area (Å²) in [5.41, 5.74) is 0.607. The fourth-order valence-electron chi connectivity index (χ4n) is 1.64. The van der Waals surface area contributed by atoms with Gasteiger partial charge in [0.05, 0.1) is 5.69 Å². The molecule has 0 aliphatic rings. The Balaban J connectivity index is 2.29. The quantitative estimate of drug-likeness (QED) is 0.904. The first-order chi connectivity index (χ1) is 9.88. The van der Waals surface area contributed by atoms with Crippen LogP contribution in [0.4, 0.5) is 15.8 Å². The molecular weight excluding hydrogens is 297 g/mol. The highest BCUT2D eigenvalue weighted by molar-refractivity contribution is 7.92. The van der Waals surface area contributed by atoms with E-state index in [2.05, 4.69) is 15.0 Å². The van der Waals surface area contributed by atoms with Crippen LogP contribution in [0.25, 0.3) is 0 Å². The van der Waals surface area contributed by atoms with Crippen molar-refractivity contribution in [1.82, 2.24) is 4.98 Å². The maximum atomic E-state index is 13.5. The minimum atomic E-state index is -4.14. The van der Waals surface area contributed by atoms with Crippen LogP contribution in [-0.4, -0.2) is 19.3 Å². The van der Waals surface area contributed by atoms with Crippen LogP contribution in [-0.2, 0) is 14.8 Å². The number of halogens is 1. The number of carbonyl (C=O) groups excluding carboxylic acids is 1. The van der Waals surface area contributed by atoms with Crippen LogP contribution in [0.5, 0.6) is 0 Å². The molecule has 0 aliphatic carbocycles. The van der Waals surface area contributed by atoms with E-state index in [-0.39, 0.29) is 11.6 Å². The van der Waals surface area contributed by atoms with Gasteiger partial charge in [0.25, 0.3) is 10.0 Å². The van der Waals surface area contributed by atoms with Crippen LogP contribution in [0.1, 0.15) is 6.92 Å². The third-order valence-electron chi connectivity index (χ3n) is 2.41. The van der Waals surface area contributed by atoms with Gasteiger partial charge in [-0.05, 0) is 30.3 Å². The summed E-state index contributed by atoms with van der Waals surface area (Å²) in [6.45, 7) is 1.33. The molecule has 1 aromatic heterocycles. The molecule has 0 fully saturated rings. The Bertz CT molecular complexity index is 778. The molecule has 0 saturated heterocycles. The van der Waals surface area contributed by atoms with Crippen LogP contribution < -0.4 is 10.0 Å². The van der Waals surface area contributed by atoms with Gasteiger partial charge in [0, 0.05) is 18.8 Å². The third kappa shape index (κ3) is 3.76. The zero-order valence-corrected chi connectivity index (χ0v) is 11.8. The largest absolute Gasteiger partial charge is 0.326 e. The lowest BCUT2D eigenvalue weighted by atomic mass is 10.3. The number of benzene rings is 1. The highest BCUT2D eigenvalue weighted by Crippen LogP contribution is 2.19. The van der Waals surface area contributed by atoms with Gasteiger partial charge in [-0.1, -0.05) is 6.07 Å². The Morgan fingerprint density at radius 2 is 1.90 bits per heavy atom. The molecule has 8 heteroatoms. The summed E-state index contributed by atoms with van der Waals surface area (Å²) in [7, 11) is -4.14. The molecule has 0 radical (unpaired) electrons. The fourth-order valence-corrected chi connectivity index (χ4v) is 2.69. The predicted molar refractivity (Wildman–Crippen MR) is 75.7 cm³/mol. The Kier molecular flexibility index (Phi) is 4.18. The molecule has 1 heterocycles. The highest BCUT2D eigenvalue weighted by atomic mass is 32.2. The standard InChI is InChI=1S/C13H12FN3O3S/c1-9(18)16-10-4-2-5-11(8-10)17-21(19,20)13-12(14)6-3-7-15-13/h2-8,17H,1H3,(H,16,18). The lowest BCUT2D eigenvalue weighted by Gasteiger charge is -2.09. The van der Waals surface area contributed by atoms with Crippen molar-refractivity contribution < 1.29 is 17.6 Å². The van der Waals surface area contributed by atoms with Gasteiger partial charge in [-0.25, -0.2) is 9.37 Å². The second kappa shape index (κ2) is 5.88. The SMILES string of the molecule is CC(=O)Nc1cccc(NS(=O)(=O)c2ncccc2F)c1. The number of aromatic nitrogens is 1. The van der Waals surface area contributed by atoms with Gasteiger partial charge in [0.2, 0.25) is 10.9 Å². The summed E-state index contributed by atoms with van der Waals surface area (Å²) in [6.07, 6.45) is 1.19. The van der Waals surface area contributed by atoms with E-state index in [1.807, 2.05) is 0 Å². The summed E-state index contributed by atoms with van der Waals surface area (Å²) in [5.74, 6) is -1.23. The van der Waals surface area contributed by atoms with Crippen molar-refractivity contribution in [2.75, 3.05) is 10.0 Å². The molecule has 2 rings (SSSR count). The van der Waals surface area contributed by atoms with Crippen molar-refractivity contribution >= 4 is 27.3 Å². The van der Waals surface area contributed by atoms with Crippen LogP contribution >= 0.6 is 0 Å². The zero-order chi connectivity index (χ0) is 15.5. The monoisotopic (exact) mass is 309 g/mol. The van der Waals surface area contributed by atoms with Crippen LogP contribution in [0.2, 0.25) is 0 Å². The van der Waals surface area contributed by atoms with Gasteiger partial charge >= 0.3 is 0 Å². The Morgan fingerprint density at radius 1 is 1.19 bits per heavy atom. The minimum Gasteiger partial charge on any atom is -0.326 e. The summed E-state index contributed by atoms with van der Waals surface area (Å²) >= 11 is 0. The van der Waals surface area contributed by atoms with E-state index in [0.717, 1.165) is 6.07 Å². The number of amides is 1. The molecule has 0 saturated carbocycles. The van der Waals surface area contributed by atoms with Gasteiger partial charge in [-0.2, -0.15) is 8.42 Å².